The van der Waals surface area contributed by atoms with E-state index in [1.807, 2.05) is 44.2 Å². The molecule has 2 aromatic rings. The number of rotatable bonds is 11. The number of allylic oxidation sites excluding steroid dienone is 3. The van der Waals surface area contributed by atoms with Crippen LogP contribution in [0.1, 0.15) is 43.9 Å². The van der Waals surface area contributed by atoms with E-state index in [0.717, 1.165) is 23.6 Å². The Labute approximate surface area is 231 Å². The van der Waals surface area contributed by atoms with Crippen LogP contribution in [0.3, 0.4) is 0 Å². The van der Waals surface area contributed by atoms with Gasteiger partial charge in [0.1, 0.15) is 6.54 Å². The highest BCUT2D eigenvalue weighted by atomic mass is 32.2. The van der Waals surface area contributed by atoms with E-state index in [0.29, 0.717) is 12.8 Å². The van der Waals surface area contributed by atoms with E-state index >= 15 is 0 Å². The van der Waals surface area contributed by atoms with Gasteiger partial charge in [0.05, 0.1) is 21.9 Å². The number of hydrogen-bond acceptors (Lipinski definition) is 7. The molecule has 0 saturated heterocycles. The van der Waals surface area contributed by atoms with Crippen molar-refractivity contribution in [3.8, 4) is 6.07 Å². The fraction of sp³-hybridized carbons (Fsp3) is 0.379. The Morgan fingerprint density at radius 3 is 1.97 bits per heavy atom. The average molecular weight is 570 g/mol. The molecule has 8 nitrogen and oxygen atoms in total. The van der Waals surface area contributed by atoms with Gasteiger partial charge in [0.15, 0.2) is 19.7 Å². The van der Waals surface area contributed by atoms with E-state index in [9.17, 15) is 21.6 Å². The van der Waals surface area contributed by atoms with Crippen molar-refractivity contribution in [2.75, 3.05) is 19.1 Å². The first kappa shape index (κ1) is 30.3. The van der Waals surface area contributed by atoms with Crippen molar-refractivity contribution in [3.63, 3.8) is 0 Å². The summed E-state index contributed by atoms with van der Waals surface area (Å²) in [6, 6.07) is 14.1. The van der Waals surface area contributed by atoms with E-state index in [4.69, 9.17) is 5.26 Å². The molecule has 3 rings (SSSR count). The average Bonchev–Trinajstić information content (AvgIpc) is 2.89. The molecule has 0 aliphatic heterocycles. The van der Waals surface area contributed by atoms with Crippen molar-refractivity contribution in [2.45, 2.75) is 54.0 Å². The van der Waals surface area contributed by atoms with Crippen molar-refractivity contribution in [3.05, 3.63) is 84.0 Å². The lowest BCUT2D eigenvalue weighted by Gasteiger charge is -2.42. The van der Waals surface area contributed by atoms with Crippen molar-refractivity contribution >= 4 is 25.6 Å². The summed E-state index contributed by atoms with van der Waals surface area (Å²) in [5.74, 6) is -0.142. The highest BCUT2D eigenvalue weighted by Gasteiger charge is 2.41. The first-order chi connectivity index (χ1) is 18.3. The Morgan fingerprint density at radius 1 is 0.949 bits per heavy atom. The molecule has 3 atom stereocenters. The van der Waals surface area contributed by atoms with Crippen molar-refractivity contribution in [1.82, 2.24) is 10.6 Å². The van der Waals surface area contributed by atoms with Gasteiger partial charge in [-0.25, -0.2) is 16.8 Å². The molecule has 0 bridgehead atoms. The topological polar surface area (TPSA) is 133 Å². The fourth-order valence-electron chi connectivity index (χ4n) is 4.87. The SMILES string of the molecule is CC(C)C[C@H](NC(c1ccc(S(C)(=O)=O)cc1)C1(c2ccc(S(C)(=O)=O)cc2)C=CC=CC1)C(=O)NCC#N. The number of amides is 1. The number of carbonyl (C=O) groups is 1. The standard InChI is InChI=1S/C29H35N3O5S2/c1-21(2)20-26(28(33)31-19-18-30)32-27(22-8-12-24(13-9-22)38(3,34)35)29(16-6-5-7-17-29)23-10-14-25(15-11-23)39(4,36)37/h5-16,21,26-27,32H,17,19-20H2,1-4H3,(H,31,33)/t26-,27?,29?/m0/s1. The fourth-order valence-corrected chi connectivity index (χ4v) is 6.13. The Balaban J connectivity index is 2.20. The Bertz CT molecular complexity index is 1490. The van der Waals surface area contributed by atoms with Crippen LogP contribution in [0.5, 0.6) is 0 Å². The van der Waals surface area contributed by atoms with E-state index in [-0.39, 0.29) is 28.2 Å². The predicted octanol–water partition coefficient (Wildman–Crippen LogP) is 3.63. The summed E-state index contributed by atoms with van der Waals surface area (Å²) in [6.45, 7) is 3.89. The molecule has 1 aliphatic rings. The highest BCUT2D eigenvalue weighted by molar-refractivity contribution is 7.91. The summed E-state index contributed by atoms with van der Waals surface area (Å²) in [5, 5.41) is 15.2. The monoisotopic (exact) mass is 569 g/mol. The van der Waals surface area contributed by atoms with Crippen LogP contribution in [-0.2, 0) is 29.9 Å². The number of nitriles is 1. The zero-order chi connectivity index (χ0) is 28.8. The summed E-state index contributed by atoms with van der Waals surface area (Å²) >= 11 is 0. The van der Waals surface area contributed by atoms with Crippen LogP contribution in [0.15, 0.2) is 82.6 Å². The Kier molecular flexibility index (Phi) is 9.54. The maximum atomic E-state index is 13.2. The third kappa shape index (κ3) is 7.44. The van der Waals surface area contributed by atoms with Gasteiger partial charge in [-0.15, -0.1) is 0 Å². The number of nitrogens with one attached hydrogen (secondary N) is 2. The molecule has 0 heterocycles. The second kappa shape index (κ2) is 12.3. The lowest BCUT2D eigenvalue weighted by Crippen LogP contribution is -2.51. The normalized spacial score (nSPS) is 18.9. The van der Waals surface area contributed by atoms with Gasteiger partial charge in [0, 0.05) is 24.0 Å². The van der Waals surface area contributed by atoms with E-state index < -0.39 is 37.2 Å². The molecule has 0 aromatic heterocycles. The molecule has 0 fully saturated rings. The van der Waals surface area contributed by atoms with Crippen LogP contribution in [0.2, 0.25) is 0 Å². The third-order valence-corrected chi connectivity index (χ3v) is 9.06. The molecule has 208 valence electrons. The molecule has 39 heavy (non-hydrogen) atoms. The summed E-state index contributed by atoms with van der Waals surface area (Å²) in [4.78, 5) is 13.5. The molecule has 0 radical (unpaired) electrons. The van der Waals surface area contributed by atoms with E-state index in [1.54, 1.807) is 48.5 Å². The minimum atomic E-state index is -3.42. The van der Waals surface area contributed by atoms with Crippen LogP contribution < -0.4 is 10.6 Å². The largest absolute Gasteiger partial charge is 0.342 e. The number of nitrogens with zero attached hydrogens (tertiary/aromatic N) is 1. The third-order valence-electron chi connectivity index (χ3n) is 6.81. The van der Waals surface area contributed by atoms with Crippen LogP contribution in [0.4, 0.5) is 0 Å². The van der Waals surface area contributed by atoms with Gasteiger partial charge in [-0.2, -0.15) is 5.26 Å². The minimum Gasteiger partial charge on any atom is -0.342 e. The number of carbonyl (C=O) groups excluding carboxylic acids is 1. The molecular formula is C29H35N3O5S2. The van der Waals surface area contributed by atoms with Gasteiger partial charge in [-0.3, -0.25) is 10.1 Å². The number of hydrogen-bond donors (Lipinski definition) is 2. The maximum absolute atomic E-state index is 13.2. The van der Waals surface area contributed by atoms with Crippen LogP contribution in [-0.4, -0.2) is 47.8 Å². The lowest BCUT2D eigenvalue weighted by atomic mass is 9.67. The molecule has 10 heteroatoms. The number of benzene rings is 2. The van der Waals surface area contributed by atoms with Gasteiger partial charge in [0.25, 0.3) is 0 Å². The molecule has 2 unspecified atom stereocenters. The van der Waals surface area contributed by atoms with Crippen LogP contribution in [0, 0.1) is 17.2 Å². The quantitative estimate of drug-likeness (QED) is 0.395. The first-order valence-electron chi connectivity index (χ1n) is 12.6. The van der Waals surface area contributed by atoms with Gasteiger partial charge in [0.2, 0.25) is 5.91 Å². The minimum absolute atomic E-state index is 0.121. The summed E-state index contributed by atoms with van der Waals surface area (Å²) in [6.07, 6.45) is 11.2. The van der Waals surface area contributed by atoms with Crippen molar-refractivity contribution < 1.29 is 21.6 Å². The highest BCUT2D eigenvalue weighted by Crippen LogP contribution is 2.44. The van der Waals surface area contributed by atoms with Gasteiger partial charge in [-0.05, 0) is 54.2 Å². The van der Waals surface area contributed by atoms with Gasteiger partial charge >= 0.3 is 0 Å². The molecular weight excluding hydrogens is 534 g/mol. The zero-order valence-electron chi connectivity index (χ0n) is 22.6. The summed E-state index contributed by atoms with van der Waals surface area (Å²) in [7, 11) is -6.81. The lowest BCUT2D eigenvalue weighted by molar-refractivity contribution is -0.123. The molecule has 0 spiro atoms. The summed E-state index contributed by atoms with van der Waals surface area (Å²) in [5.41, 5.74) is 0.861. The van der Waals surface area contributed by atoms with E-state index in [2.05, 4.69) is 10.6 Å². The van der Waals surface area contributed by atoms with Gasteiger partial charge in [-0.1, -0.05) is 62.4 Å². The molecule has 1 aliphatic carbocycles. The van der Waals surface area contributed by atoms with Crippen LogP contribution in [0.25, 0.3) is 0 Å². The Morgan fingerprint density at radius 2 is 1.51 bits per heavy atom. The Hall–Kier alpha value is -3.26. The maximum Gasteiger partial charge on any atom is 0.237 e. The number of sulfone groups is 2. The second-order valence-corrected chi connectivity index (χ2v) is 14.4. The van der Waals surface area contributed by atoms with E-state index in [1.165, 1.54) is 0 Å². The van der Waals surface area contributed by atoms with Gasteiger partial charge < -0.3 is 5.32 Å². The molecule has 2 aromatic carbocycles. The summed E-state index contributed by atoms with van der Waals surface area (Å²) < 4.78 is 48.5. The predicted molar refractivity (Wildman–Crippen MR) is 151 cm³/mol. The smallest absolute Gasteiger partial charge is 0.237 e. The van der Waals surface area contributed by atoms with Crippen molar-refractivity contribution in [2.24, 2.45) is 5.92 Å². The first-order valence-corrected chi connectivity index (χ1v) is 16.4. The molecule has 0 saturated carbocycles. The second-order valence-electron chi connectivity index (χ2n) is 10.3. The molecule has 2 N–H and O–H groups in total. The van der Waals surface area contributed by atoms with Crippen LogP contribution >= 0.6 is 0 Å². The van der Waals surface area contributed by atoms with Crippen molar-refractivity contribution in [1.29, 1.82) is 5.26 Å². The molecule has 1 amide bonds. The zero-order valence-corrected chi connectivity index (χ0v) is 24.2.